The van der Waals surface area contributed by atoms with Crippen molar-refractivity contribution in [2.24, 2.45) is 0 Å². The normalized spacial score (nSPS) is 16.2. The maximum atomic E-state index is 13.2. The molecular weight excluding hydrogens is 522 g/mol. The molecule has 3 amide bonds. The largest absolute Gasteiger partial charge is 0.478 e. The lowest BCUT2D eigenvalue weighted by atomic mass is 9.96. The fraction of sp³-hybridized carbons (Fsp3) is 0.226. The van der Waals surface area contributed by atoms with Crippen molar-refractivity contribution in [2.75, 3.05) is 43.4 Å². The van der Waals surface area contributed by atoms with Crippen LogP contribution in [0.5, 0.6) is 0 Å². The van der Waals surface area contributed by atoms with Crippen LogP contribution in [0.3, 0.4) is 0 Å². The Kier molecular flexibility index (Phi) is 8.11. The van der Waals surface area contributed by atoms with Gasteiger partial charge in [0, 0.05) is 56.0 Å². The molecule has 210 valence electrons. The number of hydrogen-bond donors (Lipinski definition) is 5. The van der Waals surface area contributed by atoms with Crippen molar-refractivity contribution in [2.45, 2.75) is 13.3 Å². The van der Waals surface area contributed by atoms with Crippen molar-refractivity contribution in [1.82, 2.24) is 15.5 Å². The van der Waals surface area contributed by atoms with Crippen LogP contribution in [0.15, 0.2) is 66.7 Å². The van der Waals surface area contributed by atoms with Gasteiger partial charge in [0.05, 0.1) is 22.5 Å². The van der Waals surface area contributed by atoms with Crippen LogP contribution in [0.25, 0.3) is 11.3 Å². The van der Waals surface area contributed by atoms with Gasteiger partial charge in [-0.2, -0.15) is 0 Å². The molecule has 1 saturated heterocycles. The van der Waals surface area contributed by atoms with E-state index in [4.69, 9.17) is 0 Å². The molecule has 10 nitrogen and oxygen atoms in total. The summed E-state index contributed by atoms with van der Waals surface area (Å²) in [4.78, 5) is 51.2. The van der Waals surface area contributed by atoms with E-state index >= 15 is 0 Å². The van der Waals surface area contributed by atoms with Gasteiger partial charge in [-0.25, -0.2) is 4.79 Å². The van der Waals surface area contributed by atoms with Crippen LogP contribution in [0.4, 0.5) is 11.4 Å². The predicted molar refractivity (Wildman–Crippen MR) is 156 cm³/mol. The summed E-state index contributed by atoms with van der Waals surface area (Å²) in [5.41, 5.74) is 4.65. The van der Waals surface area contributed by atoms with E-state index in [9.17, 15) is 24.3 Å². The number of aromatic carboxylic acids is 1. The Morgan fingerprint density at radius 3 is 2.46 bits per heavy atom. The van der Waals surface area contributed by atoms with Gasteiger partial charge in [-0.05, 0) is 54.4 Å². The SMILES string of the molecule is Cc1cc2c(cc1C(=O)O)NC(=O)/C2=C(/Nc1ccc(C(=O)NCCN2CCNC(=O)CC2)cc1)c1ccccc1. The fourth-order valence-electron chi connectivity index (χ4n) is 5.00. The number of carbonyl (C=O) groups excluding carboxylic acids is 3. The van der Waals surface area contributed by atoms with Crippen LogP contribution in [0, 0.1) is 6.92 Å². The number of carboxylic acids is 1. The lowest BCUT2D eigenvalue weighted by Crippen LogP contribution is -2.36. The smallest absolute Gasteiger partial charge is 0.336 e. The summed E-state index contributed by atoms with van der Waals surface area (Å²) in [7, 11) is 0. The van der Waals surface area contributed by atoms with E-state index in [1.54, 1.807) is 37.3 Å². The highest BCUT2D eigenvalue weighted by Crippen LogP contribution is 2.39. The molecule has 1 fully saturated rings. The minimum atomic E-state index is -1.06. The van der Waals surface area contributed by atoms with Gasteiger partial charge in [0.2, 0.25) is 5.91 Å². The molecule has 2 aliphatic rings. The third kappa shape index (κ3) is 6.28. The number of nitrogens with one attached hydrogen (secondary N) is 4. The standard InChI is InChI=1S/C31H31N5O5/c1-19-17-24-25(18-23(19)31(40)41)35-30(39)27(24)28(20-5-3-2-4-6-20)34-22-9-7-21(8-10-22)29(38)33-13-16-36-14-11-26(37)32-12-15-36/h2-10,17-18,34H,11-16H2,1H3,(H,32,37)(H,33,38)(H,35,39)(H,40,41)/b28-27+. The molecule has 0 radical (unpaired) electrons. The van der Waals surface area contributed by atoms with E-state index in [1.165, 1.54) is 6.07 Å². The summed E-state index contributed by atoms with van der Waals surface area (Å²) in [6.45, 7) is 4.86. The number of anilines is 2. The van der Waals surface area contributed by atoms with Crippen molar-refractivity contribution in [3.05, 3.63) is 94.5 Å². The van der Waals surface area contributed by atoms with Crippen LogP contribution in [-0.4, -0.2) is 66.4 Å². The maximum absolute atomic E-state index is 13.2. The number of carbonyl (C=O) groups is 4. The van der Waals surface area contributed by atoms with Crippen LogP contribution < -0.4 is 21.3 Å². The number of aryl methyl sites for hydroxylation is 1. The zero-order valence-corrected chi connectivity index (χ0v) is 22.6. The first-order chi connectivity index (χ1) is 19.8. The second-order valence-electron chi connectivity index (χ2n) is 9.99. The van der Waals surface area contributed by atoms with Crippen molar-refractivity contribution >= 4 is 46.3 Å². The van der Waals surface area contributed by atoms with Gasteiger partial charge in [0.25, 0.3) is 11.8 Å². The first-order valence-corrected chi connectivity index (χ1v) is 13.4. The van der Waals surface area contributed by atoms with Gasteiger partial charge in [-0.3, -0.25) is 19.3 Å². The van der Waals surface area contributed by atoms with Gasteiger partial charge in [-0.1, -0.05) is 30.3 Å². The quantitative estimate of drug-likeness (QED) is 0.270. The first-order valence-electron chi connectivity index (χ1n) is 13.4. The van der Waals surface area contributed by atoms with Gasteiger partial charge in [0.1, 0.15) is 0 Å². The molecule has 0 atom stereocenters. The van der Waals surface area contributed by atoms with E-state index < -0.39 is 5.97 Å². The van der Waals surface area contributed by atoms with E-state index in [1.807, 2.05) is 30.3 Å². The summed E-state index contributed by atoms with van der Waals surface area (Å²) in [6.07, 6.45) is 0.458. The zero-order chi connectivity index (χ0) is 28.9. The van der Waals surface area contributed by atoms with Gasteiger partial charge in [0.15, 0.2) is 0 Å². The minimum Gasteiger partial charge on any atom is -0.478 e. The molecule has 41 heavy (non-hydrogen) atoms. The van der Waals surface area contributed by atoms with Crippen LogP contribution in [0.2, 0.25) is 0 Å². The highest BCUT2D eigenvalue weighted by atomic mass is 16.4. The Morgan fingerprint density at radius 2 is 1.73 bits per heavy atom. The molecule has 5 rings (SSSR count). The first kappa shape index (κ1) is 27.6. The number of benzene rings is 3. The van der Waals surface area contributed by atoms with Crippen LogP contribution in [-0.2, 0) is 9.59 Å². The van der Waals surface area contributed by atoms with Crippen molar-refractivity contribution in [3.63, 3.8) is 0 Å². The average molecular weight is 554 g/mol. The molecule has 0 bridgehead atoms. The Morgan fingerprint density at radius 1 is 0.976 bits per heavy atom. The zero-order valence-electron chi connectivity index (χ0n) is 22.6. The fourth-order valence-corrected chi connectivity index (χ4v) is 5.00. The van der Waals surface area contributed by atoms with Gasteiger partial charge in [-0.15, -0.1) is 0 Å². The molecule has 0 aromatic heterocycles. The molecule has 5 N–H and O–H groups in total. The molecule has 0 spiro atoms. The third-order valence-electron chi connectivity index (χ3n) is 7.19. The summed E-state index contributed by atoms with van der Waals surface area (Å²) in [5, 5.41) is 21.5. The lowest BCUT2D eigenvalue weighted by Gasteiger charge is -2.19. The topological polar surface area (TPSA) is 140 Å². The molecule has 0 saturated carbocycles. The summed E-state index contributed by atoms with van der Waals surface area (Å²) in [5.74, 6) is -1.54. The monoisotopic (exact) mass is 553 g/mol. The van der Waals surface area contributed by atoms with Gasteiger partial charge >= 0.3 is 5.97 Å². The Labute approximate surface area is 237 Å². The number of hydrogen-bond acceptors (Lipinski definition) is 6. The molecule has 3 aromatic rings. The third-order valence-corrected chi connectivity index (χ3v) is 7.19. The van der Waals surface area contributed by atoms with Gasteiger partial charge < -0.3 is 26.4 Å². The average Bonchev–Trinajstić information content (AvgIpc) is 3.12. The van der Waals surface area contributed by atoms with Crippen LogP contribution >= 0.6 is 0 Å². The highest BCUT2D eigenvalue weighted by molar-refractivity contribution is 6.37. The number of rotatable bonds is 8. The Bertz CT molecular complexity index is 1530. The highest BCUT2D eigenvalue weighted by Gasteiger charge is 2.30. The summed E-state index contributed by atoms with van der Waals surface area (Å²) in [6, 6.07) is 19.6. The second-order valence-corrected chi connectivity index (χ2v) is 9.99. The van der Waals surface area contributed by atoms with Crippen LogP contribution in [0.1, 0.15) is 43.8 Å². The van der Waals surface area contributed by atoms with Crippen molar-refractivity contribution in [1.29, 1.82) is 0 Å². The molecule has 10 heteroatoms. The number of carboxylic acid groups (broad SMARTS) is 1. The molecular formula is C31H31N5O5. The molecule has 3 aromatic carbocycles. The van der Waals surface area contributed by atoms with E-state index in [0.29, 0.717) is 71.9 Å². The summed E-state index contributed by atoms with van der Waals surface area (Å²) >= 11 is 0. The lowest BCUT2D eigenvalue weighted by molar-refractivity contribution is -0.120. The van der Waals surface area contributed by atoms with E-state index in [0.717, 1.165) is 12.1 Å². The predicted octanol–water partition coefficient (Wildman–Crippen LogP) is 3.18. The second kappa shape index (κ2) is 12.1. The Balaban J connectivity index is 1.35. The van der Waals surface area contributed by atoms with E-state index in [2.05, 4.69) is 26.2 Å². The van der Waals surface area contributed by atoms with Crippen molar-refractivity contribution < 1.29 is 24.3 Å². The minimum absolute atomic E-state index is 0.0523. The summed E-state index contributed by atoms with van der Waals surface area (Å²) < 4.78 is 0. The number of fused-ring (bicyclic) bond motifs is 1. The molecule has 2 heterocycles. The molecule has 0 aliphatic carbocycles. The molecule has 0 unspecified atom stereocenters. The maximum Gasteiger partial charge on any atom is 0.336 e. The van der Waals surface area contributed by atoms with E-state index in [-0.39, 0.29) is 23.3 Å². The molecule has 2 aliphatic heterocycles. The Hall–Kier alpha value is -4.96. The number of amides is 3. The number of nitrogens with zero attached hydrogens (tertiary/aromatic N) is 1. The van der Waals surface area contributed by atoms with Crippen molar-refractivity contribution in [3.8, 4) is 0 Å².